The van der Waals surface area contributed by atoms with E-state index in [-0.39, 0.29) is 24.3 Å². The molecule has 1 aromatic heterocycles. The van der Waals surface area contributed by atoms with Crippen LogP contribution in [0, 0.1) is 5.92 Å². The first-order valence-electron chi connectivity index (χ1n) is 15.7. The number of ether oxygens (including phenoxy) is 2. The largest absolute Gasteiger partial charge is 0.465 e. The molecule has 2 N–H and O–H groups in total. The SMILES string of the molecule is COC(=O)c1c(NC(=O)C(Sc2cccc(NC(=O)C3CCCCC3)c2)c2ccccc2)sc2c1CCN(C(=O)OC(C)(C)C)C2. The number of thiophene rings is 1. The van der Waals surface area contributed by atoms with Gasteiger partial charge in [-0.15, -0.1) is 23.1 Å². The molecule has 5 rings (SSSR count). The molecule has 0 bridgehead atoms. The molecule has 2 heterocycles. The number of carbonyl (C=O) groups excluding carboxylic acids is 4. The molecule has 1 atom stereocenters. The molecule has 2 aromatic carbocycles. The number of amides is 3. The van der Waals surface area contributed by atoms with Crippen molar-refractivity contribution in [2.75, 3.05) is 24.3 Å². The zero-order valence-electron chi connectivity index (χ0n) is 26.7. The molecule has 3 aromatic rings. The lowest BCUT2D eigenvalue weighted by Crippen LogP contribution is -2.39. The highest BCUT2D eigenvalue weighted by molar-refractivity contribution is 8.00. The van der Waals surface area contributed by atoms with Crippen LogP contribution in [0.25, 0.3) is 0 Å². The second kappa shape index (κ2) is 14.7. The van der Waals surface area contributed by atoms with Gasteiger partial charge in [0.25, 0.3) is 0 Å². The molecule has 3 amide bonds. The number of anilines is 2. The molecule has 1 aliphatic carbocycles. The van der Waals surface area contributed by atoms with Gasteiger partial charge in [-0.1, -0.05) is 55.7 Å². The minimum Gasteiger partial charge on any atom is -0.465 e. The summed E-state index contributed by atoms with van der Waals surface area (Å²) >= 11 is 2.64. The van der Waals surface area contributed by atoms with Gasteiger partial charge in [0.1, 0.15) is 15.9 Å². The Bertz CT molecular complexity index is 1580. The quantitative estimate of drug-likeness (QED) is 0.187. The van der Waals surface area contributed by atoms with Gasteiger partial charge in [0.05, 0.1) is 19.2 Å². The van der Waals surface area contributed by atoms with Gasteiger partial charge in [-0.2, -0.15) is 0 Å². The van der Waals surface area contributed by atoms with E-state index in [2.05, 4.69) is 10.6 Å². The standard InChI is InChI=1S/C35H41N3O6S2/c1-35(2,3)44-34(42)38-19-18-26-27(21-38)46-32(28(26)33(41)43-4)37-31(40)29(22-12-7-5-8-13-22)45-25-17-11-16-24(20-25)36-30(39)23-14-9-6-10-15-23/h5,7-8,11-13,16-17,20,23,29H,6,9-10,14-15,18-19,21H2,1-4H3,(H,36,39)(H,37,40). The number of carbonyl (C=O) groups is 4. The van der Waals surface area contributed by atoms with Gasteiger partial charge in [-0.3, -0.25) is 9.59 Å². The van der Waals surface area contributed by atoms with Crippen LogP contribution in [-0.4, -0.2) is 48.0 Å². The molecule has 1 fully saturated rings. The van der Waals surface area contributed by atoms with E-state index >= 15 is 0 Å². The third-order valence-electron chi connectivity index (χ3n) is 8.01. The van der Waals surface area contributed by atoms with Crippen LogP contribution in [-0.2, 0) is 32.0 Å². The summed E-state index contributed by atoms with van der Waals surface area (Å²) in [6.07, 6.45) is 5.17. The van der Waals surface area contributed by atoms with Gasteiger partial charge in [0.15, 0.2) is 0 Å². The maximum absolute atomic E-state index is 14.1. The normalized spacial score (nSPS) is 15.8. The zero-order chi connectivity index (χ0) is 32.8. The molecule has 1 aliphatic heterocycles. The van der Waals surface area contributed by atoms with E-state index in [4.69, 9.17) is 9.47 Å². The molecule has 1 unspecified atom stereocenters. The lowest BCUT2D eigenvalue weighted by molar-refractivity contribution is -0.120. The molecule has 244 valence electrons. The van der Waals surface area contributed by atoms with Gasteiger partial charge in [0, 0.05) is 27.9 Å². The maximum Gasteiger partial charge on any atom is 0.410 e. The van der Waals surface area contributed by atoms with E-state index in [0.717, 1.165) is 46.6 Å². The Morgan fingerprint density at radius 1 is 0.978 bits per heavy atom. The summed E-state index contributed by atoms with van der Waals surface area (Å²) in [6, 6.07) is 17.0. The summed E-state index contributed by atoms with van der Waals surface area (Å²) in [5.41, 5.74) is 1.95. The summed E-state index contributed by atoms with van der Waals surface area (Å²) in [4.78, 5) is 56.0. The first kappa shape index (κ1) is 33.5. The Labute approximate surface area is 278 Å². The van der Waals surface area contributed by atoms with Gasteiger partial charge >= 0.3 is 12.1 Å². The van der Waals surface area contributed by atoms with Crippen LogP contribution in [0.3, 0.4) is 0 Å². The fourth-order valence-corrected chi connectivity index (χ4v) is 8.10. The average Bonchev–Trinajstić information content (AvgIpc) is 3.40. The summed E-state index contributed by atoms with van der Waals surface area (Å²) in [7, 11) is 1.32. The average molecular weight is 664 g/mol. The zero-order valence-corrected chi connectivity index (χ0v) is 28.4. The Balaban J connectivity index is 1.37. The Morgan fingerprint density at radius 3 is 2.41 bits per heavy atom. The first-order chi connectivity index (χ1) is 22.0. The molecule has 1 saturated carbocycles. The number of hydrogen-bond donors (Lipinski definition) is 2. The molecule has 46 heavy (non-hydrogen) atoms. The van der Waals surface area contributed by atoms with Gasteiger partial charge < -0.3 is 25.0 Å². The number of benzene rings is 2. The molecule has 0 spiro atoms. The van der Waals surface area contributed by atoms with Gasteiger partial charge in [-0.25, -0.2) is 9.59 Å². The van der Waals surface area contributed by atoms with Crippen LogP contribution in [0.15, 0.2) is 59.5 Å². The number of hydrogen-bond acceptors (Lipinski definition) is 8. The minimum atomic E-state index is -0.659. The predicted molar refractivity (Wildman–Crippen MR) is 181 cm³/mol. The summed E-state index contributed by atoms with van der Waals surface area (Å²) in [6.45, 7) is 6.11. The molecular weight excluding hydrogens is 623 g/mol. The third-order valence-corrected chi connectivity index (χ3v) is 10.4. The second-order valence-electron chi connectivity index (χ2n) is 12.6. The predicted octanol–water partition coefficient (Wildman–Crippen LogP) is 7.82. The smallest absolute Gasteiger partial charge is 0.410 e. The van der Waals surface area contributed by atoms with E-state index in [1.54, 1.807) is 4.90 Å². The number of esters is 1. The van der Waals surface area contributed by atoms with Crippen molar-refractivity contribution in [3.63, 3.8) is 0 Å². The molecule has 9 nitrogen and oxygen atoms in total. The van der Waals surface area contributed by atoms with Crippen molar-refractivity contribution in [2.45, 2.75) is 81.6 Å². The van der Waals surface area contributed by atoms with Crippen molar-refractivity contribution < 1.29 is 28.7 Å². The van der Waals surface area contributed by atoms with Gasteiger partial charge in [-0.05, 0) is 69.4 Å². The van der Waals surface area contributed by atoms with Gasteiger partial charge in [0.2, 0.25) is 11.8 Å². The first-order valence-corrected chi connectivity index (χ1v) is 17.4. The van der Waals surface area contributed by atoms with Crippen molar-refractivity contribution in [3.8, 4) is 0 Å². The van der Waals surface area contributed by atoms with Crippen molar-refractivity contribution in [1.29, 1.82) is 0 Å². The number of fused-ring (bicyclic) bond motifs is 1. The summed E-state index contributed by atoms with van der Waals surface area (Å²) in [5.74, 6) is -0.768. The minimum absolute atomic E-state index is 0.0322. The van der Waals surface area contributed by atoms with Crippen LogP contribution in [0.2, 0.25) is 0 Å². The van der Waals surface area contributed by atoms with Crippen LogP contribution in [0.4, 0.5) is 15.5 Å². The summed E-state index contributed by atoms with van der Waals surface area (Å²) < 4.78 is 10.7. The van der Waals surface area contributed by atoms with Crippen molar-refractivity contribution >= 4 is 57.7 Å². The monoisotopic (exact) mass is 663 g/mol. The molecule has 0 saturated heterocycles. The topological polar surface area (TPSA) is 114 Å². The molecule has 2 aliphatic rings. The maximum atomic E-state index is 14.1. The fraction of sp³-hybridized carbons (Fsp3) is 0.429. The lowest BCUT2D eigenvalue weighted by Gasteiger charge is -2.30. The molecule has 11 heteroatoms. The number of rotatable bonds is 8. The van der Waals surface area contributed by atoms with Crippen molar-refractivity contribution in [3.05, 3.63) is 76.2 Å². The molecular formula is C35H41N3O6S2. The van der Waals surface area contributed by atoms with E-state index in [0.29, 0.717) is 29.2 Å². The van der Waals surface area contributed by atoms with E-state index < -0.39 is 22.9 Å². The van der Waals surface area contributed by atoms with Crippen molar-refractivity contribution in [2.24, 2.45) is 5.92 Å². The highest BCUT2D eigenvalue weighted by Crippen LogP contribution is 2.41. The van der Waals surface area contributed by atoms with Crippen molar-refractivity contribution in [1.82, 2.24) is 4.90 Å². The summed E-state index contributed by atoms with van der Waals surface area (Å²) in [5, 5.41) is 5.83. The van der Waals surface area contributed by atoms with E-state index in [1.165, 1.54) is 36.6 Å². The third kappa shape index (κ3) is 8.30. The number of nitrogens with zero attached hydrogens (tertiary/aromatic N) is 1. The van der Waals surface area contributed by atoms with E-state index in [9.17, 15) is 19.2 Å². The highest BCUT2D eigenvalue weighted by atomic mass is 32.2. The van der Waals surface area contributed by atoms with Crippen LogP contribution in [0.5, 0.6) is 0 Å². The Kier molecular flexibility index (Phi) is 10.7. The highest BCUT2D eigenvalue weighted by Gasteiger charge is 2.34. The fourth-order valence-electron chi connectivity index (χ4n) is 5.76. The lowest BCUT2D eigenvalue weighted by atomic mass is 9.88. The van der Waals surface area contributed by atoms with Crippen LogP contribution in [0.1, 0.15) is 84.5 Å². The Hall–Kier alpha value is -3.83. The van der Waals surface area contributed by atoms with E-state index in [1.807, 2.05) is 75.4 Å². The number of methoxy groups -OCH3 is 1. The number of nitrogens with one attached hydrogen (secondary N) is 2. The second-order valence-corrected chi connectivity index (χ2v) is 14.9. The van der Waals surface area contributed by atoms with Crippen LogP contribution < -0.4 is 10.6 Å². The van der Waals surface area contributed by atoms with Crippen LogP contribution >= 0.6 is 23.1 Å². The number of thioether (sulfide) groups is 1. The molecule has 0 radical (unpaired) electrons. The Morgan fingerprint density at radius 2 is 1.72 bits per heavy atom.